The molecule has 0 aromatic heterocycles. The number of rotatable bonds is 5. The predicted molar refractivity (Wildman–Crippen MR) is 89.1 cm³/mol. The minimum Gasteiger partial charge on any atom is -0.378 e. The number of ether oxygens (including phenoxy) is 1. The second-order valence-corrected chi connectivity index (χ2v) is 8.07. The van der Waals surface area contributed by atoms with Crippen molar-refractivity contribution < 1.29 is 17.9 Å². The van der Waals surface area contributed by atoms with E-state index in [1.165, 1.54) is 0 Å². The van der Waals surface area contributed by atoms with Crippen molar-refractivity contribution in [3.05, 3.63) is 33.8 Å². The molecule has 1 heterocycles. The van der Waals surface area contributed by atoms with Crippen LogP contribution in [0, 0.1) is 0 Å². The van der Waals surface area contributed by atoms with Gasteiger partial charge in [0.15, 0.2) is 0 Å². The Kier molecular flexibility index (Phi) is 6.27. The minimum absolute atomic E-state index is 0.0613. The van der Waals surface area contributed by atoms with Crippen LogP contribution in [0.25, 0.3) is 0 Å². The highest BCUT2D eigenvalue weighted by Crippen LogP contribution is 2.23. The van der Waals surface area contributed by atoms with Crippen molar-refractivity contribution in [1.29, 1.82) is 0 Å². The zero-order chi connectivity index (χ0) is 17.0. The number of halogens is 2. The fourth-order valence-corrected chi connectivity index (χ4v) is 3.24. The Morgan fingerprint density at radius 2 is 1.91 bits per heavy atom. The molecule has 0 bridgehead atoms. The largest absolute Gasteiger partial charge is 0.378 e. The number of benzene rings is 1. The molecule has 0 saturated carbocycles. The van der Waals surface area contributed by atoms with E-state index >= 15 is 0 Å². The molecule has 0 aliphatic carbocycles. The molecule has 23 heavy (non-hydrogen) atoms. The first-order valence-electron chi connectivity index (χ1n) is 7.02. The summed E-state index contributed by atoms with van der Waals surface area (Å²) in [6.45, 7) is 1.74. The van der Waals surface area contributed by atoms with E-state index in [0.29, 0.717) is 41.9 Å². The second-order valence-electron chi connectivity index (χ2n) is 5.27. The zero-order valence-electron chi connectivity index (χ0n) is 12.7. The molecule has 6 nitrogen and oxygen atoms in total. The van der Waals surface area contributed by atoms with Crippen LogP contribution in [0.1, 0.15) is 5.56 Å². The van der Waals surface area contributed by atoms with Gasteiger partial charge in [-0.15, -0.1) is 0 Å². The molecule has 1 aromatic rings. The van der Waals surface area contributed by atoms with Gasteiger partial charge in [-0.05, 0) is 17.7 Å². The minimum atomic E-state index is -3.54. The van der Waals surface area contributed by atoms with Gasteiger partial charge in [-0.25, -0.2) is 8.42 Å². The monoisotopic (exact) mass is 380 g/mol. The lowest BCUT2D eigenvalue weighted by atomic mass is 10.2. The van der Waals surface area contributed by atoms with Crippen LogP contribution < -0.4 is 0 Å². The molecule has 1 aliphatic heterocycles. The van der Waals surface area contributed by atoms with E-state index in [-0.39, 0.29) is 19.0 Å². The summed E-state index contributed by atoms with van der Waals surface area (Å²) in [7, 11) is -3.54. The standard InChI is InChI=1S/C14H18Cl2N2O4S/c1-23(20,21)18(9-11-2-3-12(15)13(16)8-11)10-14(19)17-4-6-22-7-5-17/h2-3,8H,4-7,9-10H2,1H3. The average molecular weight is 381 g/mol. The molecule has 1 fully saturated rings. The van der Waals surface area contributed by atoms with Crippen LogP contribution in [-0.4, -0.2) is 62.6 Å². The summed E-state index contributed by atoms with van der Waals surface area (Å²) in [6.07, 6.45) is 1.08. The third kappa shape index (κ3) is 5.32. The highest BCUT2D eigenvalue weighted by Gasteiger charge is 2.25. The van der Waals surface area contributed by atoms with Gasteiger partial charge in [0, 0.05) is 19.6 Å². The van der Waals surface area contributed by atoms with E-state index in [1.54, 1.807) is 23.1 Å². The number of morpholine rings is 1. The van der Waals surface area contributed by atoms with Crippen molar-refractivity contribution >= 4 is 39.1 Å². The summed E-state index contributed by atoms with van der Waals surface area (Å²) in [5.41, 5.74) is 0.666. The van der Waals surface area contributed by atoms with Gasteiger partial charge < -0.3 is 9.64 Å². The molecule has 9 heteroatoms. The molecular weight excluding hydrogens is 363 g/mol. The Morgan fingerprint density at radius 1 is 1.26 bits per heavy atom. The summed E-state index contributed by atoms with van der Waals surface area (Å²) in [6, 6.07) is 4.89. The van der Waals surface area contributed by atoms with Gasteiger partial charge in [-0.3, -0.25) is 4.79 Å². The topological polar surface area (TPSA) is 66.9 Å². The molecule has 0 atom stereocenters. The van der Waals surface area contributed by atoms with E-state index in [9.17, 15) is 13.2 Å². The lowest BCUT2D eigenvalue weighted by Crippen LogP contribution is -2.46. The molecule has 0 spiro atoms. The Hall–Kier alpha value is -0.860. The van der Waals surface area contributed by atoms with Gasteiger partial charge in [0.25, 0.3) is 0 Å². The SMILES string of the molecule is CS(=O)(=O)N(CC(=O)N1CCOCC1)Cc1ccc(Cl)c(Cl)c1. The van der Waals surface area contributed by atoms with Crippen LogP contribution >= 0.6 is 23.2 Å². The molecule has 1 aliphatic rings. The number of nitrogens with zero attached hydrogens (tertiary/aromatic N) is 2. The quantitative estimate of drug-likeness (QED) is 0.778. The number of hydrogen-bond acceptors (Lipinski definition) is 4. The van der Waals surface area contributed by atoms with Gasteiger partial charge in [0.05, 0.1) is 36.1 Å². The highest BCUT2D eigenvalue weighted by atomic mass is 35.5. The van der Waals surface area contributed by atoms with Crippen LogP contribution in [-0.2, 0) is 26.1 Å². The van der Waals surface area contributed by atoms with Crippen LogP contribution in [0.15, 0.2) is 18.2 Å². The lowest BCUT2D eigenvalue weighted by molar-refractivity contribution is -0.135. The van der Waals surface area contributed by atoms with E-state index in [2.05, 4.69) is 0 Å². The maximum Gasteiger partial charge on any atom is 0.238 e. The third-order valence-corrected chi connectivity index (χ3v) is 5.42. The van der Waals surface area contributed by atoms with Crippen LogP contribution in [0.3, 0.4) is 0 Å². The van der Waals surface area contributed by atoms with Gasteiger partial charge >= 0.3 is 0 Å². The first-order chi connectivity index (χ1) is 10.8. The van der Waals surface area contributed by atoms with Crippen LogP contribution in [0.4, 0.5) is 0 Å². The molecule has 0 unspecified atom stereocenters. The van der Waals surface area contributed by atoms with Crippen LogP contribution in [0.5, 0.6) is 0 Å². The highest BCUT2D eigenvalue weighted by molar-refractivity contribution is 7.88. The van der Waals surface area contributed by atoms with Gasteiger partial charge in [-0.2, -0.15) is 4.31 Å². The lowest BCUT2D eigenvalue weighted by Gasteiger charge is -2.29. The van der Waals surface area contributed by atoms with E-state index in [4.69, 9.17) is 27.9 Å². The smallest absolute Gasteiger partial charge is 0.238 e. The van der Waals surface area contributed by atoms with E-state index in [1.807, 2.05) is 0 Å². The van der Waals surface area contributed by atoms with Crippen molar-refractivity contribution in [2.75, 3.05) is 39.1 Å². The van der Waals surface area contributed by atoms with Crippen molar-refractivity contribution in [3.8, 4) is 0 Å². The number of carbonyl (C=O) groups is 1. The van der Waals surface area contributed by atoms with Crippen molar-refractivity contribution in [2.45, 2.75) is 6.54 Å². The first-order valence-corrected chi connectivity index (χ1v) is 9.62. The molecule has 1 aromatic carbocycles. The number of carbonyl (C=O) groups excluding carboxylic acids is 1. The second kappa shape index (κ2) is 7.81. The summed E-state index contributed by atoms with van der Waals surface area (Å²) in [5.74, 6) is -0.237. The third-order valence-electron chi connectivity index (χ3n) is 3.49. The molecular formula is C14H18Cl2N2O4S. The van der Waals surface area contributed by atoms with E-state index in [0.717, 1.165) is 10.6 Å². The predicted octanol–water partition coefficient (Wildman–Crippen LogP) is 1.61. The number of hydrogen-bond donors (Lipinski definition) is 0. The summed E-state index contributed by atoms with van der Waals surface area (Å²) < 4.78 is 30.3. The molecule has 0 N–H and O–H groups in total. The van der Waals surface area contributed by atoms with Gasteiger partial charge in [-0.1, -0.05) is 29.3 Å². The summed E-state index contributed by atoms with van der Waals surface area (Å²) >= 11 is 11.8. The molecule has 128 valence electrons. The Morgan fingerprint density at radius 3 is 2.48 bits per heavy atom. The van der Waals surface area contributed by atoms with E-state index < -0.39 is 10.0 Å². The van der Waals surface area contributed by atoms with Gasteiger partial charge in [0.1, 0.15) is 0 Å². The fraction of sp³-hybridized carbons (Fsp3) is 0.500. The molecule has 2 rings (SSSR count). The van der Waals surface area contributed by atoms with Crippen molar-refractivity contribution in [3.63, 3.8) is 0 Å². The summed E-state index contributed by atoms with van der Waals surface area (Å²) in [4.78, 5) is 13.9. The molecule has 0 radical (unpaired) electrons. The van der Waals surface area contributed by atoms with Gasteiger partial charge in [0.2, 0.25) is 15.9 Å². The Labute approximate surface area is 146 Å². The fourth-order valence-electron chi connectivity index (χ4n) is 2.20. The van der Waals surface area contributed by atoms with Crippen LogP contribution in [0.2, 0.25) is 10.0 Å². The summed E-state index contributed by atoms with van der Waals surface area (Å²) in [5, 5.41) is 0.739. The Bertz CT molecular complexity index is 675. The first kappa shape index (κ1) is 18.5. The molecule has 1 amide bonds. The zero-order valence-corrected chi connectivity index (χ0v) is 15.0. The van der Waals surface area contributed by atoms with Crippen molar-refractivity contribution in [2.24, 2.45) is 0 Å². The maximum absolute atomic E-state index is 12.3. The molecule has 1 saturated heterocycles. The number of amides is 1. The number of sulfonamides is 1. The normalized spacial score (nSPS) is 15.9. The average Bonchev–Trinajstić information content (AvgIpc) is 2.50. The van der Waals surface area contributed by atoms with Crippen molar-refractivity contribution in [1.82, 2.24) is 9.21 Å². The Balaban J connectivity index is 2.10. The maximum atomic E-state index is 12.3.